The van der Waals surface area contributed by atoms with E-state index in [1.807, 2.05) is 13.8 Å². The van der Waals surface area contributed by atoms with E-state index in [0.717, 1.165) is 0 Å². The van der Waals surface area contributed by atoms with Gasteiger partial charge in [-0.1, -0.05) is 37.6 Å². The number of nitro groups is 2. The molecule has 1 aliphatic carbocycles. The number of nitro benzene ring substituents is 2. The maximum absolute atomic E-state index is 13.4. The van der Waals surface area contributed by atoms with Crippen molar-refractivity contribution in [2.45, 2.75) is 39.0 Å². The summed E-state index contributed by atoms with van der Waals surface area (Å²) in [5.41, 5.74) is 0.768. The maximum Gasteiger partial charge on any atom is 0.289 e. The predicted molar refractivity (Wildman–Crippen MR) is 121 cm³/mol. The van der Waals surface area contributed by atoms with Crippen LogP contribution in [0.25, 0.3) is 0 Å². The monoisotopic (exact) mass is 469 g/mol. The normalized spacial score (nSPS) is 20.0. The van der Waals surface area contributed by atoms with Crippen molar-refractivity contribution in [3.63, 3.8) is 0 Å². The van der Waals surface area contributed by atoms with Gasteiger partial charge >= 0.3 is 0 Å². The molecule has 1 heterocycles. The molecule has 170 valence electrons. The molecule has 9 nitrogen and oxygen atoms in total. The Kier molecular flexibility index (Phi) is 5.53. The summed E-state index contributed by atoms with van der Waals surface area (Å²) in [7, 11) is 0. The summed E-state index contributed by atoms with van der Waals surface area (Å²) in [6.07, 6.45) is 0.560. The molecular formula is C23H20ClN3O6. The molecule has 0 radical (unpaired) electrons. The molecule has 0 saturated heterocycles. The molecule has 0 fully saturated rings. The number of halogens is 1. The number of anilines is 1. The summed E-state index contributed by atoms with van der Waals surface area (Å²) in [6.45, 7) is 3.83. The first kappa shape index (κ1) is 22.6. The van der Waals surface area contributed by atoms with Gasteiger partial charge in [-0.3, -0.25) is 34.7 Å². The number of hydrogen-bond acceptors (Lipinski definition) is 6. The van der Waals surface area contributed by atoms with Gasteiger partial charge in [-0.25, -0.2) is 0 Å². The Morgan fingerprint density at radius 3 is 2.42 bits per heavy atom. The fraction of sp³-hybridized carbons (Fsp3) is 0.304. The van der Waals surface area contributed by atoms with Gasteiger partial charge < -0.3 is 0 Å². The van der Waals surface area contributed by atoms with Gasteiger partial charge in [0.1, 0.15) is 5.02 Å². The van der Waals surface area contributed by atoms with Gasteiger partial charge in [0.25, 0.3) is 11.4 Å². The number of nitrogens with zero attached hydrogens (tertiary/aromatic N) is 3. The van der Waals surface area contributed by atoms with E-state index in [-0.39, 0.29) is 46.6 Å². The third-order valence-electron chi connectivity index (χ3n) is 6.01. The summed E-state index contributed by atoms with van der Waals surface area (Å²) in [4.78, 5) is 49.6. The first-order chi connectivity index (χ1) is 15.5. The predicted octanol–water partition coefficient (Wildman–Crippen LogP) is 5.32. The lowest BCUT2D eigenvalue weighted by Crippen LogP contribution is -2.43. The lowest BCUT2D eigenvalue weighted by Gasteiger charge is -2.42. The smallest absolute Gasteiger partial charge is 0.289 e. The Bertz CT molecular complexity index is 1250. The largest absolute Gasteiger partial charge is 0.294 e. The molecule has 0 aromatic heterocycles. The Morgan fingerprint density at radius 2 is 1.76 bits per heavy atom. The standard InChI is InChI=1S/C23H20ClN3O6/c1-23(2)11-19-22(20(28)12-23)16(13-4-3-5-15(8-13)26(30)31)10-21(29)25(19)14-6-7-17(24)18(9-14)27(32)33/h3-9,16H,10-12H2,1-2H3. The highest BCUT2D eigenvalue weighted by Crippen LogP contribution is 2.49. The van der Waals surface area contributed by atoms with E-state index in [1.165, 1.54) is 41.3 Å². The number of carbonyl (C=O) groups is 2. The SMILES string of the molecule is CC1(C)CC(=O)C2=C(C1)N(c1ccc(Cl)c([N+](=O)[O-])c1)C(=O)CC2c1cccc([N+](=O)[O-])c1. The van der Waals surface area contributed by atoms with Crippen LogP contribution in [-0.4, -0.2) is 21.5 Å². The van der Waals surface area contributed by atoms with Gasteiger partial charge in [-0.15, -0.1) is 0 Å². The van der Waals surface area contributed by atoms with E-state index >= 15 is 0 Å². The molecular weight excluding hydrogens is 450 g/mol. The van der Waals surface area contributed by atoms with E-state index in [0.29, 0.717) is 23.3 Å². The second-order valence-corrected chi connectivity index (χ2v) is 9.44. The molecule has 1 atom stereocenters. The molecule has 1 unspecified atom stereocenters. The molecule has 33 heavy (non-hydrogen) atoms. The Labute approximate surface area is 193 Å². The number of benzene rings is 2. The van der Waals surface area contributed by atoms with Crippen LogP contribution in [-0.2, 0) is 9.59 Å². The Hall–Kier alpha value is -3.59. The molecule has 0 spiro atoms. The average molecular weight is 470 g/mol. The summed E-state index contributed by atoms with van der Waals surface area (Å²) in [6, 6.07) is 10.0. The zero-order chi connectivity index (χ0) is 24.1. The van der Waals surface area contributed by atoms with E-state index < -0.39 is 21.2 Å². The molecule has 10 heteroatoms. The first-order valence-electron chi connectivity index (χ1n) is 10.3. The molecule has 1 amide bonds. The number of carbonyl (C=O) groups excluding carboxylic acids is 2. The van der Waals surface area contributed by atoms with Crippen molar-refractivity contribution < 1.29 is 19.4 Å². The lowest BCUT2D eigenvalue weighted by atomic mass is 9.69. The number of allylic oxidation sites excluding steroid dienone is 2. The molecule has 4 rings (SSSR count). The Balaban J connectivity index is 1.91. The van der Waals surface area contributed by atoms with Gasteiger partial charge in [0, 0.05) is 48.2 Å². The third kappa shape index (κ3) is 4.11. The average Bonchev–Trinajstić information content (AvgIpc) is 2.72. The van der Waals surface area contributed by atoms with Gasteiger partial charge in [0.2, 0.25) is 5.91 Å². The number of non-ortho nitro benzene ring substituents is 1. The molecule has 2 aliphatic rings. The lowest BCUT2D eigenvalue weighted by molar-refractivity contribution is -0.385. The van der Waals surface area contributed by atoms with Crippen LogP contribution in [0, 0.1) is 25.6 Å². The van der Waals surface area contributed by atoms with Crippen molar-refractivity contribution >= 4 is 40.4 Å². The molecule has 0 saturated carbocycles. The Morgan fingerprint density at radius 1 is 1.03 bits per heavy atom. The summed E-state index contributed by atoms with van der Waals surface area (Å²) in [5, 5.41) is 22.6. The summed E-state index contributed by atoms with van der Waals surface area (Å²) in [5.74, 6) is -1.12. The molecule has 0 bridgehead atoms. The maximum atomic E-state index is 13.4. The van der Waals surface area contributed by atoms with E-state index in [4.69, 9.17) is 11.6 Å². The van der Waals surface area contributed by atoms with Crippen molar-refractivity contribution in [3.05, 3.63) is 84.5 Å². The summed E-state index contributed by atoms with van der Waals surface area (Å²) < 4.78 is 0. The highest BCUT2D eigenvalue weighted by Gasteiger charge is 2.44. The van der Waals surface area contributed by atoms with Crippen LogP contribution >= 0.6 is 11.6 Å². The minimum atomic E-state index is -0.630. The topological polar surface area (TPSA) is 124 Å². The second-order valence-electron chi connectivity index (χ2n) is 9.03. The highest BCUT2D eigenvalue weighted by atomic mass is 35.5. The van der Waals surface area contributed by atoms with Crippen molar-refractivity contribution in [3.8, 4) is 0 Å². The van der Waals surface area contributed by atoms with Crippen LogP contribution in [0.4, 0.5) is 17.1 Å². The van der Waals surface area contributed by atoms with Crippen molar-refractivity contribution in [1.29, 1.82) is 0 Å². The molecule has 2 aromatic carbocycles. The van der Waals surface area contributed by atoms with Crippen LogP contribution in [0.1, 0.15) is 44.6 Å². The van der Waals surface area contributed by atoms with Crippen LogP contribution in [0.5, 0.6) is 0 Å². The van der Waals surface area contributed by atoms with Crippen LogP contribution < -0.4 is 4.90 Å². The molecule has 1 aliphatic heterocycles. The first-order valence-corrected chi connectivity index (χ1v) is 10.6. The van der Waals surface area contributed by atoms with Crippen molar-refractivity contribution in [1.82, 2.24) is 0 Å². The van der Waals surface area contributed by atoms with E-state index in [9.17, 15) is 29.8 Å². The number of amides is 1. The quantitative estimate of drug-likeness (QED) is 0.441. The minimum absolute atomic E-state index is 0.0584. The van der Waals surface area contributed by atoms with Gasteiger partial charge in [0.15, 0.2) is 5.78 Å². The van der Waals surface area contributed by atoms with Gasteiger partial charge in [-0.2, -0.15) is 0 Å². The molecule has 0 N–H and O–H groups in total. The summed E-state index contributed by atoms with van der Waals surface area (Å²) >= 11 is 5.95. The van der Waals surface area contributed by atoms with Crippen LogP contribution in [0.3, 0.4) is 0 Å². The zero-order valence-electron chi connectivity index (χ0n) is 17.9. The number of ketones is 1. The van der Waals surface area contributed by atoms with Gasteiger partial charge in [0.05, 0.1) is 15.5 Å². The van der Waals surface area contributed by atoms with Crippen LogP contribution in [0.15, 0.2) is 53.7 Å². The fourth-order valence-corrected chi connectivity index (χ4v) is 4.82. The number of rotatable bonds is 4. The van der Waals surface area contributed by atoms with Crippen molar-refractivity contribution in [2.24, 2.45) is 5.41 Å². The molecule has 2 aromatic rings. The number of Topliss-reactive ketones (excluding diaryl/α,β-unsaturated/α-hetero) is 1. The van der Waals surface area contributed by atoms with Crippen molar-refractivity contribution in [2.75, 3.05) is 4.90 Å². The third-order valence-corrected chi connectivity index (χ3v) is 6.33. The second kappa shape index (κ2) is 8.08. The fourth-order valence-electron chi connectivity index (χ4n) is 4.63. The zero-order valence-corrected chi connectivity index (χ0v) is 18.7. The van der Waals surface area contributed by atoms with Crippen LogP contribution in [0.2, 0.25) is 5.02 Å². The highest BCUT2D eigenvalue weighted by molar-refractivity contribution is 6.32. The van der Waals surface area contributed by atoms with E-state index in [2.05, 4.69) is 0 Å². The minimum Gasteiger partial charge on any atom is -0.294 e. The van der Waals surface area contributed by atoms with E-state index in [1.54, 1.807) is 6.07 Å². The van der Waals surface area contributed by atoms with Gasteiger partial charge in [-0.05, 0) is 29.5 Å². The number of hydrogen-bond donors (Lipinski definition) is 0.